The van der Waals surface area contributed by atoms with Crippen molar-refractivity contribution in [3.8, 4) is 0 Å². The van der Waals surface area contributed by atoms with E-state index in [4.69, 9.17) is 11.6 Å². The number of aryl methyl sites for hydroxylation is 1. The summed E-state index contributed by atoms with van der Waals surface area (Å²) in [4.78, 5) is 29.2. The molecule has 0 spiro atoms. The summed E-state index contributed by atoms with van der Waals surface area (Å²) in [6, 6.07) is 23.8. The van der Waals surface area contributed by atoms with Gasteiger partial charge in [-0.1, -0.05) is 61.5 Å². The van der Waals surface area contributed by atoms with Crippen molar-refractivity contribution < 1.29 is 9.59 Å². The van der Waals surface area contributed by atoms with E-state index in [2.05, 4.69) is 29.9 Å². The molecule has 0 aliphatic carbocycles. The highest BCUT2D eigenvalue weighted by Gasteiger charge is 2.16. The molecule has 0 aliphatic rings. The van der Waals surface area contributed by atoms with E-state index in [9.17, 15) is 9.59 Å². The average Bonchev–Trinajstić information content (AvgIpc) is 2.89. The third-order valence-electron chi connectivity index (χ3n) is 5.62. The second-order valence-corrected chi connectivity index (χ2v) is 8.24. The van der Waals surface area contributed by atoms with Crippen molar-refractivity contribution >= 4 is 40.6 Å². The van der Waals surface area contributed by atoms with Crippen LogP contribution in [0.2, 0.25) is 5.02 Å². The van der Waals surface area contributed by atoms with Crippen LogP contribution >= 0.6 is 11.6 Å². The molecule has 34 heavy (non-hydrogen) atoms. The molecular weight excluding hydrogens is 444 g/mol. The predicted molar refractivity (Wildman–Crippen MR) is 138 cm³/mol. The number of carbonyl (C=O) groups excluding carboxylic acids is 2. The standard InChI is InChI=1S/C29H23ClN2O2/c1-3-20-6-4-5-7-26(20)19(2)27-14-8-21(16-22(27)18-33)29(34)28-15-13-25(17-31-28)32-24-11-9-23(30)10-12-24/h4-18,32H,2-3H2,1H3. The number of aldehydes is 1. The first-order valence-corrected chi connectivity index (χ1v) is 11.3. The third kappa shape index (κ3) is 4.98. The molecule has 3 aromatic carbocycles. The van der Waals surface area contributed by atoms with Gasteiger partial charge in [0.25, 0.3) is 0 Å². The van der Waals surface area contributed by atoms with E-state index >= 15 is 0 Å². The minimum absolute atomic E-state index is 0.257. The fourth-order valence-electron chi connectivity index (χ4n) is 3.79. The highest BCUT2D eigenvalue weighted by molar-refractivity contribution is 6.30. The van der Waals surface area contributed by atoms with E-state index in [1.165, 1.54) is 0 Å². The van der Waals surface area contributed by atoms with Crippen LogP contribution in [0.5, 0.6) is 0 Å². The first-order valence-electron chi connectivity index (χ1n) is 10.9. The topological polar surface area (TPSA) is 59.1 Å². The number of ketones is 1. The number of benzene rings is 3. The number of pyridine rings is 1. The van der Waals surface area contributed by atoms with Gasteiger partial charge in [0.2, 0.25) is 5.78 Å². The molecule has 0 aliphatic heterocycles. The molecule has 1 N–H and O–H groups in total. The largest absolute Gasteiger partial charge is 0.354 e. The van der Waals surface area contributed by atoms with E-state index < -0.39 is 0 Å². The fourth-order valence-corrected chi connectivity index (χ4v) is 3.92. The van der Waals surface area contributed by atoms with Crippen molar-refractivity contribution in [1.82, 2.24) is 4.98 Å². The zero-order valence-corrected chi connectivity index (χ0v) is 19.5. The van der Waals surface area contributed by atoms with Crippen LogP contribution in [0.15, 0.2) is 91.6 Å². The zero-order valence-electron chi connectivity index (χ0n) is 18.7. The molecule has 0 amide bonds. The van der Waals surface area contributed by atoms with Gasteiger partial charge < -0.3 is 5.32 Å². The van der Waals surface area contributed by atoms with E-state index in [0.29, 0.717) is 27.4 Å². The molecule has 1 aromatic heterocycles. The smallest absolute Gasteiger partial charge is 0.211 e. The second-order valence-electron chi connectivity index (χ2n) is 7.80. The van der Waals surface area contributed by atoms with Crippen molar-refractivity contribution in [2.45, 2.75) is 13.3 Å². The maximum Gasteiger partial charge on any atom is 0.211 e. The van der Waals surface area contributed by atoms with Crippen molar-refractivity contribution in [2.75, 3.05) is 5.32 Å². The van der Waals surface area contributed by atoms with Gasteiger partial charge in [0, 0.05) is 21.8 Å². The minimum Gasteiger partial charge on any atom is -0.354 e. The monoisotopic (exact) mass is 466 g/mol. The predicted octanol–water partition coefficient (Wildman–Crippen LogP) is 7.15. The summed E-state index contributed by atoms with van der Waals surface area (Å²) in [5.74, 6) is -0.257. The van der Waals surface area contributed by atoms with Gasteiger partial charge in [0.15, 0.2) is 6.29 Å². The average molecular weight is 467 g/mol. The van der Waals surface area contributed by atoms with Gasteiger partial charge in [-0.05, 0) is 71.1 Å². The normalized spacial score (nSPS) is 10.5. The summed E-state index contributed by atoms with van der Waals surface area (Å²) in [5.41, 5.74) is 6.34. The summed E-state index contributed by atoms with van der Waals surface area (Å²) < 4.78 is 0. The molecule has 0 atom stereocenters. The van der Waals surface area contributed by atoms with E-state index in [-0.39, 0.29) is 5.78 Å². The van der Waals surface area contributed by atoms with Crippen LogP contribution in [-0.2, 0) is 6.42 Å². The lowest BCUT2D eigenvalue weighted by atomic mass is 9.90. The minimum atomic E-state index is -0.257. The van der Waals surface area contributed by atoms with Gasteiger partial charge in [-0.25, -0.2) is 0 Å². The lowest BCUT2D eigenvalue weighted by molar-refractivity contribution is 0.103. The highest BCUT2D eigenvalue weighted by Crippen LogP contribution is 2.28. The Bertz CT molecular complexity index is 1360. The molecule has 1 heterocycles. The zero-order chi connectivity index (χ0) is 24.1. The molecule has 0 fully saturated rings. The molecule has 4 rings (SSSR count). The van der Waals surface area contributed by atoms with Gasteiger partial charge >= 0.3 is 0 Å². The van der Waals surface area contributed by atoms with Gasteiger partial charge in [-0.15, -0.1) is 0 Å². The maximum atomic E-state index is 13.0. The van der Waals surface area contributed by atoms with Crippen LogP contribution in [0.25, 0.3) is 5.57 Å². The molecule has 0 unspecified atom stereocenters. The SMILES string of the molecule is C=C(c1ccc(C(=O)c2ccc(Nc3ccc(Cl)cc3)cn2)cc1C=O)c1ccccc1CC. The van der Waals surface area contributed by atoms with E-state index in [0.717, 1.165) is 40.8 Å². The summed E-state index contributed by atoms with van der Waals surface area (Å²) in [6.45, 7) is 6.30. The Balaban J connectivity index is 1.56. The molecular formula is C29H23ClN2O2. The first kappa shape index (κ1) is 23.1. The number of hydrogen-bond donors (Lipinski definition) is 1. The van der Waals surface area contributed by atoms with Gasteiger partial charge in [-0.2, -0.15) is 0 Å². The molecule has 0 radical (unpaired) electrons. The maximum absolute atomic E-state index is 13.0. The van der Waals surface area contributed by atoms with Crippen LogP contribution in [0.3, 0.4) is 0 Å². The van der Waals surface area contributed by atoms with Crippen molar-refractivity contribution in [3.63, 3.8) is 0 Å². The fraction of sp³-hybridized carbons (Fsp3) is 0.0690. The van der Waals surface area contributed by atoms with E-state index in [1.807, 2.05) is 30.3 Å². The quantitative estimate of drug-likeness (QED) is 0.221. The number of nitrogens with zero attached hydrogens (tertiary/aromatic N) is 1. The Morgan fingerprint density at radius 1 is 0.971 bits per heavy atom. The molecule has 5 heteroatoms. The molecule has 4 aromatic rings. The van der Waals surface area contributed by atoms with Crippen LogP contribution < -0.4 is 5.32 Å². The molecule has 168 valence electrons. The Kier molecular flexibility index (Phi) is 7.00. The number of anilines is 2. The Morgan fingerprint density at radius 2 is 1.71 bits per heavy atom. The van der Waals surface area contributed by atoms with Crippen LogP contribution in [-0.4, -0.2) is 17.1 Å². The number of rotatable bonds is 8. The van der Waals surface area contributed by atoms with Crippen molar-refractivity contribution in [3.05, 3.63) is 130 Å². The first-order chi connectivity index (χ1) is 16.5. The summed E-state index contributed by atoms with van der Waals surface area (Å²) in [7, 11) is 0. The Labute approximate surface area is 203 Å². The number of hydrogen-bond acceptors (Lipinski definition) is 4. The number of carbonyl (C=O) groups is 2. The van der Waals surface area contributed by atoms with Crippen molar-refractivity contribution in [2.24, 2.45) is 0 Å². The highest BCUT2D eigenvalue weighted by atomic mass is 35.5. The molecule has 0 bridgehead atoms. The van der Waals surface area contributed by atoms with Gasteiger partial charge in [0.05, 0.1) is 11.9 Å². The Morgan fingerprint density at radius 3 is 2.38 bits per heavy atom. The Hall–Kier alpha value is -4.02. The van der Waals surface area contributed by atoms with Crippen LogP contribution in [0.4, 0.5) is 11.4 Å². The second kappa shape index (κ2) is 10.3. The number of aromatic nitrogens is 1. The van der Waals surface area contributed by atoms with Crippen LogP contribution in [0, 0.1) is 0 Å². The third-order valence-corrected chi connectivity index (χ3v) is 5.87. The summed E-state index contributed by atoms with van der Waals surface area (Å²) in [6.07, 6.45) is 3.22. The molecule has 0 saturated heterocycles. The lowest BCUT2D eigenvalue weighted by Crippen LogP contribution is -2.06. The lowest BCUT2D eigenvalue weighted by Gasteiger charge is -2.14. The molecule has 4 nitrogen and oxygen atoms in total. The van der Waals surface area contributed by atoms with Crippen molar-refractivity contribution in [1.29, 1.82) is 0 Å². The van der Waals surface area contributed by atoms with Crippen LogP contribution in [0.1, 0.15) is 50.0 Å². The van der Waals surface area contributed by atoms with E-state index in [1.54, 1.807) is 48.7 Å². The number of nitrogens with one attached hydrogen (secondary N) is 1. The van der Waals surface area contributed by atoms with Gasteiger partial charge in [0.1, 0.15) is 5.69 Å². The summed E-state index contributed by atoms with van der Waals surface area (Å²) >= 11 is 5.92. The number of halogens is 1. The molecule has 0 saturated carbocycles. The van der Waals surface area contributed by atoms with Gasteiger partial charge in [-0.3, -0.25) is 14.6 Å². The summed E-state index contributed by atoms with van der Waals surface area (Å²) in [5, 5.41) is 3.87.